The molecule has 5 rings (SSSR count). The smallest absolute Gasteiger partial charge is 0.265 e. The number of sulfonamides is 1. The highest BCUT2D eigenvalue weighted by atomic mass is 32.2. The third-order valence-corrected chi connectivity index (χ3v) is 10.0. The maximum atomic E-state index is 13.3. The molecule has 9 nitrogen and oxygen atoms in total. The van der Waals surface area contributed by atoms with Crippen molar-refractivity contribution in [1.29, 1.82) is 0 Å². The van der Waals surface area contributed by atoms with Crippen LogP contribution in [0.3, 0.4) is 0 Å². The van der Waals surface area contributed by atoms with Crippen molar-refractivity contribution in [3.63, 3.8) is 0 Å². The van der Waals surface area contributed by atoms with Gasteiger partial charge in [-0.25, -0.2) is 13.4 Å². The van der Waals surface area contributed by atoms with Gasteiger partial charge in [0.2, 0.25) is 10.0 Å². The van der Waals surface area contributed by atoms with E-state index in [4.69, 9.17) is 4.74 Å². The van der Waals surface area contributed by atoms with Crippen LogP contribution in [0.15, 0.2) is 47.8 Å². The average molecular weight is 514 g/mol. The number of rotatable bonds is 5. The minimum absolute atomic E-state index is 0.0153. The SMILES string of the molecule is COc1cccc(S(=O)(=O)N2CCC3(CCN(C(=O)c4sc(-c5cnccn5)nc4C)C3)CC2)c1. The largest absolute Gasteiger partial charge is 0.497 e. The molecule has 35 heavy (non-hydrogen) atoms. The summed E-state index contributed by atoms with van der Waals surface area (Å²) in [7, 11) is -2.07. The predicted molar refractivity (Wildman–Crippen MR) is 132 cm³/mol. The highest BCUT2D eigenvalue weighted by Gasteiger charge is 2.44. The first-order valence-corrected chi connectivity index (χ1v) is 13.7. The van der Waals surface area contributed by atoms with Crippen molar-refractivity contribution in [2.75, 3.05) is 33.3 Å². The first-order valence-electron chi connectivity index (χ1n) is 11.5. The van der Waals surface area contributed by atoms with E-state index in [1.54, 1.807) is 47.2 Å². The van der Waals surface area contributed by atoms with E-state index in [2.05, 4.69) is 15.0 Å². The van der Waals surface area contributed by atoms with Crippen molar-refractivity contribution in [1.82, 2.24) is 24.2 Å². The molecule has 2 aliphatic rings. The molecule has 2 aliphatic heterocycles. The second-order valence-corrected chi connectivity index (χ2v) is 12.0. The van der Waals surface area contributed by atoms with Gasteiger partial charge in [0.15, 0.2) is 0 Å². The van der Waals surface area contributed by atoms with Crippen LogP contribution in [-0.2, 0) is 10.0 Å². The standard InChI is InChI=1S/C24H27N5O4S2/c1-17-21(34-22(27-17)20-15-25-9-10-26-20)23(30)28-11-6-24(16-28)7-12-29(13-8-24)35(31,32)19-5-3-4-18(14-19)33-2/h3-5,9-10,14-15H,6-8,11-13,16H2,1-2H3. The predicted octanol–water partition coefficient (Wildman–Crippen LogP) is 3.23. The summed E-state index contributed by atoms with van der Waals surface area (Å²) in [5.74, 6) is 0.503. The van der Waals surface area contributed by atoms with E-state index >= 15 is 0 Å². The Bertz CT molecular complexity index is 1330. The zero-order chi connectivity index (χ0) is 24.6. The highest BCUT2D eigenvalue weighted by Crippen LogP contribution is 2.42. The maximum Gasteiger partial charge on any atom is 0.265 e. The molecule has 3 aromatic rings. The fraction of sp³-hybridized carbons (Fsp3) is 0.417. The fourth-order valence-corrected chi connectivity index (χ4v) is 7.36. The molecule has 1 aromatic carbocycles. The van der Waals surface area contributed by atoms with Crippen molar-refractivity contribution in [2.24, 2.45) is 5.41 Å². The number of hydrogen-bond donors (Lipinski definition) is 0. The number of thiazole rings is 1. The Morgan fingerprint density at radius 2 is 1.91 bits per heavy atom. The summed E-state index contributed by atoms with van der Waals surface area (Å²) >= 11 is 1.34. The van der Waals surface area contributed by atoms with Gasteiger partial charge in [-0.15, -0.1) is 11.3 Å². The van der Waals surface area contributed by atoms with Crippen molar-refractivity contribution < 1.29 is 17.9 Å². The normalized spacial score (nSPS) is 18.2. The van der Waals surface area contributed by atoms with Crippen molar-refractivity contribution in [2.45, 2.75) is 31.1 Å². The van der Waals surface area contributed by atoms with Gasteiger partial charge < -0.3 is 9.64 Å². The summed E-state index contributed by atoms with van der Waals surface area (Å²) in [5.41, 5.74) is 1.30. The molecular formula is C24H27N5O4S2. The molecule has 2 fully saturated rings. The third-order valence-electron chi connectivity index (χ3n) is 6.96. The molecule has 184 valence electrons. The number of hydrogen-bond acceptors (Lipinski definition) is 8. The Kier molecular flexibility index (Phi) is 6.32. The molecule has 0 radical (unpaired) electrons. The number of piperidine rings is 1. The molecule has 4 heterocycles. The zero-order valence-electron chi connectivity index (χ0n) is 19.7. The number of methoxy groups -OCH3 is 1. The number of ether oxygens (including phenoxy) is 1. The second kappa shape index (κ2) is 9.29. The highest BCUT2D eigenvalue weighted by molar-refractivity contribution is 7.89. The van der Waals surface area contributed by atoms with E-state index in [0.29, 0.717) is 53.2 Å². The number of aromatic nitrogens is 3. The first-order chi connectivity index (χ1) is 16.8. The minimum Gasteiger partial charge on any atom is -0.497 e. The molecule has 0 aliphatic carbocycles. The van der Waals surface area contributed by atoms with Crippen molar-refractivity contribution >= 4 is 27.3 Å². The number of carbonyl (C=O) groups is 1. The molecule has 11 heteroatoms. The summed E-state index contributed by atoms with van der Waals surface area (Å²) < 4.78 is 33.1. The maximum absolute atomic E-state index is 13.3. The van der Waals surface area contributed by atoms with Crippen LogP contribution in [0.25, 0.3) is 10.7 Å². The summed E-state index contributed by atoms with van der Waals surface area (Å²) in [6.07, 6.45) is 7.19. The van der Waals surface area contributed by atoms with Crippen LogP contribution in [-0.4, -0.2) is 71.8 Å². The van der Waals surface area contributed by atoms with Gasteiger partial charge in [0.1, 0.15) is 21.3 Å². The van der Waals surface area contributed by atoms with Crippen LogP contribution in [0.4, 0.5) is 0 Å². The number of nitrogens with zero attached hydrogens (tertiary/aromatic N) is 5. The lowest BCUT2D eigenvalue weighted by Crippen LogP contribution is -2.44. The van der Waals surface area contributed by atoms with Gasteiger partial charge >= 0.3 is 0 Å². The lowest BCUT2D eigenvalue weighted by atomic mass is 9.78. The van der Waals surface area contributed by atoms with Crippen molar-refractivity contribution in [3.8, 4) is 16.5 Å². The quantitative estimate of drug-likeness (QED) is 0.516. The van der Waals surface area contributed by atoms with Crippen LogP contribution in [0.1, 0.15) is 34.6 Å². The third kappa shape index (κ3) is 4.55. The van der Waals surface area contributed by atoms with Crippen LogP contribution in [0.2, 0.25) is 0 Å². The molecule has 1 amide bonds. The Labute approximate surface area is 208 Å². The van der Waals surface area contributed by atoms with Gasteiger partial charge in [0.05, 0.1) is 23.9 Å². The summed E-state index contributed by atoms with van der Waals surface area (Å²) in [6, 6.07) is 6.58. The lowest BCUT2D eigenvalue weighted by molar-refractivity contribution is 0.0754. The molecule has 0 atom stereocenters. The van der Waals surface area contributed by atoms with Crippen LogP contribution >= 0.6 is 11.3 Å². The van der Waals surface area contributed by atoms with Crippen molar-refractivity contribution in [3.05, 3.63) is 53.4 Å². The lowest BCUT2D eigenvalue weighted by Gasteiger charge is -2.38. The van der Waals surface area contributed by atoms with E-state index in [9.17, 15) is 13.2 Å². The van der Waals surface area contributed by atoms with Gasteiger partial charge in [-0.2, -0.15) is 4.31 Å². The monoisotopic (exact) mass is 513 g/mol. The molecule has 1 spiro atoms. The van der Waals surface area contributed by atoms with E-state index < -0.39 is 10.0 Å². The van der Waals surface area contributed by atoms with Gasteiger partial charge in [-0.1, -0.05) is 6.07 Å². The number of carbonyl (C=O) groups excluding carboxylic acids is 1. The Morgan fingerprint density at radius 1 is 1.14 bits per heavy atom. The van der Waals surface area contributed by atoms with E-state index in [1.807, 2.05) is 11.8 Å². The summed E-state index contributed by atoms with van der Waals surface area (Å²) in [6.45, 7) is 4.03. The van der Waals surface area contributed by atoms with Crippen LogP contribution in [0.5, 0.6) is 5.75 Å². The Balaban J connectivity index is 1.26. The number of amides is 1. The molecule has 0 saturated carbocycles. The van der Waals surface area contributed by atoms with Gasteiger partial charge in [0, 0.05) is 44.6 Å². The number of likely N-dealkylation sites (tertiary alicyclic amines) is 1. The molecule has 0 unspecified atom stereocenters. The van der Waals surface area contributed by atoms with Gasteiger partial charge in [0.25, 0.3) is 5.91 Å². The average Bonchev–Trinajstić information content (AvgIpc) is 3.48. The van der Waals surface area contributed by atoms with Crippen LogP contribution in [0, 0.1) is 12.3 Å². The van der Waals surface area contributed by atoms with E-state index in [-0.39, 0.29) is 16.2 Å². The Hall–Kier alpha value is -2.89. The van der Waals surface area contributed by atoms with Crippen LogP contribution < -0.4 is 4.74 Å². The van der Waals surface area contributed by atoms with Gasteiger partial charge in [-0.3, -0.25) is 14.8 Å². The number of benzene rings is 1. The molecular weight excluding hydrogens is 486 g/mol. The van der Waals surface area contributed by atoms with E-state index in [1.165, 1.54) is 18.4 Å². The van der Waals surface area contributed by atoms with Gasteiger partial charge in [-0.05, 0) is 43.7 Å². The van der Waals surface area contributed by atoms with E-state index in [0.717, 1.165) is 19.3 Å². The zero-order valence-corrected chi connectivity index (χ0v) is 21.3. The molecule has 2 saturated heterocycles. The Morgan fingerprint density at radius 3 is 2.63 bits per heavy atom. The second-order valence-electron chi connectivity index (χ2n) is 9.08. The fourth-order valence-electron chi connectivity index (χ4n) is 4.89. The molecule has 0 N–H and O–H groups in total. The summed E-state index contributed by atoms with van der Waals surface area (Å²) in [5, 5.41) is 0.684. The topological polar surface area (TPSA) is 106 Å². The molecule has 0 bridgehead atoms. The summed E-state index contributed by atoms with van der Waals surface area (Å²) in [4.78, 5) is 29.0. The minimum atomic E-state index is -3.59. The number of aryl methyl sites for hydroxylation is 1. The first kappa shape index (κ1) is 23.8. The molecule has 2 aromatic heterocycles.